The average molecular weight is 598 g/mol. The molecule has 0 saturated carbocycles. The van der Waals surface area contributed by atoms with Gasteiger partial charge in [0.25, 0.3) is 0 Å². The van der Waals surface area contributed by atoms with Crippen molar-refractivity contribution in [3.05, 3.63) is 69.0 Å². The zero-order chi connectivity index (χ0) is 28.4. The van der Waals surface area contributed by atoms with Crippen molar-refractivity contribution in [1.29, 1.82) is 0 Å². The lowest BCUT2D eigenvalue weighted by Gasteiger charge is -2.37. The zero-order valence-corrected chi connectivity index (χ0v) is 23.1. The van der Waals surface area contributed by atoms with Gasteiger partial charge in [0.05, 0.1) is 32.9 Å². The number of carbonyl (C=O) groups is 1. The van der Waals surface area contributed by atoms with Crippen LogP contribution >= 0.6 is 23.2 Å². The summed E-state index contributed by atoms with van der Waals surface area (Å²) in [4.78, 5) is 16.7. The Kier molecular flexibility index (Phi) is 9.73. The van der Waals surface area contributed by atoms with Crippen LogP contribution in [0, 0.1) is 5.82 Å². The number of hydrogen-bond acceptors (Lipinski definition) is 5. The lowest BCUT2D eigenvalue weighted by molar-refractivity contribution is -0.140. The standard InChI is InChI=1S/C25H29Cl2F4N3O3S/c1-33(14-15-3-6-22(28)19(11-15)25(29,30)31)24(35)18(16-4-5-20(26)21(27)12-16)8-10-34-9-7-17(13-23(34)32)38(2,36)37/h3-6,11-12,17-18,23H,7-10,13-14,32H2,1-2H3. The Bertz CT molecular complexity index is 1280. The van der Waals surface area contributed by atoms with Crippen molar-refractivity contribution in [2.75, 3.05) is 26.4 Å². The molecule has 210 valence electrons. The number of rotatable bonds is 8. The predicted molar refractivity (Wildman–Crippen MR) is 139 cm³/mol. The van der Waals surface area contributed by atoms with Gasteiger partial charge >= 0.3 is 6.18 Å². The molecule has 2 aromatic carbocycles. The number of nitrogens with zero attached hydrogens (tertiary/aromatic N) is 2. The molecule has 0 radical (unpaired) electrons. The molecule has 1 aliphatic rings. The SMILES string of the molecule is CN(Cc1ccc(F)c(C(F)(F)F)c1)C(=O)C(CCN1CCC(S(C)(=O)=O)CC1N)c1ccc(Cl)c(Cl)c1. The second kappa shape index (κ2) is 12.1. The number of sulfone groups is 1. The van der Waals surface area contributed by atoms with E-state index in [0.717, 1.165) is 6.07 Å². The highest BCUT2D eigenvalue weighted by atomic mass is 35.5. The highest BCUT2D eigenvalue weighted by Crippen LogP contribution is 2.33. The molecular weight excluding hydrogens is 569 g/mol. The van der Waals surface area contributed by atoms with Crippen LogP contribution in [0.1, 0.15) is 41.9 Å². The minimum Gasteiger partial charge on any atom is -0.341 e. The summed E-state index contributed by atoms with van der Waals surface area (Å²) in [6.45, 7) is 0.628. The van der Waals surface area contributed by atoms with Crippen LogP contribution in [0.3, 0.4) is 0 Å². The Morgan fingerprint density at radius 1 is 1.18 bits per heavy atom. The Balaban J connectivity index is 1.80. The van der Waals surface area contributed by atoms with E-state index in [9.17, 15) is 30.8 Å². The third-order valence-corrected chi connectivity index (χ3v) is 9.18. The van der Waals surface area contributed by atoms with E-state index in [1.165, 1.54) is 24.3 Å². The maximum Gasteiger partial charge on any atom is 0.419 e. The van der Waals surface area contributed by atoms with Crippen LogP contribution in [0.25, 0.3) is 0 Å². The minimum absolute atomic E-state index is 0.118. The van der Waals surface area contributed by atoms with Gasteiger partial charge in [0, 0.05) is 32.9 Å². The lowest BCUT2D eigenvalue weighted by Crippen LogP contribution is -2.51. The Hall–Kier alpha value is -1.92. The van der Waals surface area contributed by atoms with Gasteiger partial charge in [0.2, 0.25) is 5.91 Å². The number of likely N-dealkylation sites (tertiary alicyclic amines) is 1. The summed E-state index contributed by atoms with van der Waals surface area (Å²) in [6.07, 6.45) is -3.20. The van der Waals surface area contributed by atoms with Crippen LogP contribution in [0.5, 0.6) is 0 Å². The molecule has 1 aliphatic heterocycles. The summed E-state index contributed by atoms with van der Waals surface area (Å²) in [6, 6.07) is 7.40. The number of likely N-dealkylation sites (N-methyl/N-ethyl adjacent to an activating group) is 1. The van der Waals surface area contributed by atoms with E-state index in [-0.39, 0.29) is 35.9 Å². The molecule has 1 fully saturated rings. The number of hydrogen-bond donors (Lipinski definition) is 1. The molecule has 3 atom stereocenters. The summed E-state index contributed by atoms with van der Waals surface area (Å²) in [5.41, 5.74) is 5.52. The number of alkyl halides is 3. The fourth-order valence-electron chi connectivity index (χ4n) is 4.64. The molecule has 1 saturated heterocycles. The molecule has 0 bridgehead atoms. The second-order valence-electron chi connectivity index (χ2n) is 9.60. The van der Waals surface area contributed by atoms with Crippen LogP contribution in [0.4, 0.5) is 17.6 Å². The fraction of sp³-hybridized carbons (Fsp3) is 0.480. The summed E-state index contributed by atoms with van der Waals surface area (Å²) < 4.78 is 77.0. The third-order valence-electron chi connectivity index (χ3n) is 6.80. The van der Waals surface area contributed by atoms with Crippen molar-refractivity contribution in [1.82, 2.24) is 9.80 Å². The number of benzene rings is 2. The maximum atomic E-state index is 13.7. The van der Waals surface area contributed by atoms with Gasteiger partial charge in [-0.15, -0.1) is 0 Å². The van der Waals surface area contributed by atoms with E-state index in [1.54, 1.807) is 18.2 Å². The molecule has 2 N–H and O–H groups in total. The molecule has 6 nitrogen and oxygen atoms in total. The average Bonchev–Trinajstić information content (AvgIpc) is 2.81. The van der Waals surface area contributed by atoms with Gasteiger partial charge in [-0.3, -0.25) is 9.69 Å². The Morgan fingerprint density at radius 3 is 2.45 bits per heavy atom. The predicted octanol–water partition coefficient (Wildman–Crippen LogP) is 5.08. The van der Waals surface area contributed by atoms with Gasteiger partial charge in [-0.2, -0.15) is 13.2 Å². The number of amides is 1. The summed E-state index contributed by atoms with van der Waals surface area (Å²) in [5.74, 6) is -2.52. The van der Waals surface area contributed by atoms with Gasteiger partial charge in [-0.05, 0) is 54.7 Å². The maximum absolute atomic E-state index is 13.7. The van der Waals surface area contributed by atoms with E-state index in [4.69, 9.17) is 28.9 Å². The van der Waals surface area contributed by atoms with E-state index in [0.29, 0.717) is 36.2 Å². The largest absolute Gasteiger partial charge is 0.419 e. The first-order valence-electron chi connectivity index (χ1n) is 11.8. The molecule has 1 amide bonds. The van der Waals surface area contributed by atoms with E-state index >= 15 is 0 Å². The van der Waals surface area contributed by atoms with Crippen LogP contribution < -0.4 is 5.73 Å². The minimum atomic E-state index is -4.87. The van der Waals surface area contributed by atoms with Crippen molar-refractivity contribution in [3.63, 3.8) is 0 Å². The van der Waals surface area contributed by atoms with Crippen molar-refractivity contribution >= 4 is 38.9 Å². The lowest BCUT2D eigenvalue weighted by atomic mass is 9.93. The molecule has 3 rings (SSSR count). The third kappa shape index (κ3) is 7.59. The molecule has 3 unspecified atom stereocenters. The summed E-state index contributed by atoms with van der Waals surface area (Å²) >= 11 is 12.2. The van der Waals surface area contributed by atoms with Crippen LogP contribution in [0.15, 0.2) is 36.4 Å². The number of piperidine rings is 1. The highest BCUT2D eigenvalue weighted by Gasteiger charge is 2.35. The van der Waals surface area contributed by atoms with Crippen LogP contribution in [0.2, 0.25) is 10.0 Å². The molecule has 2 aromatic rings. The normalized spacial score (nSPS) is 19.8. The van der Waals surface area contributed by atoms with Gasteiger partial charge in [0.15, 0.2) is 0 Å². The van der Waals surface area contributed by atoms with E-state index in [2.05, 4.69) is 0 Å². The van der Waals surface area contributed by atoms with E-state index in [1.807, 2.05) is 4.90 Å². The Morgan fingerprint density at radius 2 is 1.87 bits per heavy atom. The topological polar surface area (TPSA) is 83.7 Å². The number of halogens is 6. The molecule has 0 aliphatic carbocycles. The molecule has 0 aromatic heterocycles. The number of nitrogens with two attached hydrogens (primary N) is 1. The van der Waals surface area contributed by atoms with Crippen LogP contribution in [-0.4, -0.2) is 61.9 Å². The van der Waals surface area contributed by atoms with Gasteiger partial charge in [-0.25, -0.2) is 12.8 Å². The molecule has 1 heterocycles. The number of carbonyl (C=O) groups excluding carboxylic acids is 1. The van der Waals surface area contributed by atoms with Crippen molar-refractivity contribution in [3.8, 4) is 0 Å². The zero-order valence-electron chi connectivity index (χ0n) is 20.8. The van der Waals surface area contributed by atoms with Crippen molar-refractivity contribution in [2.24, 2.45) is 5.73 Å². The van der Waals surface area contributed by atoms with Crippen molar-refractivity contribution in [2.45, 2.75) is 49.3 Å². The van der Waals surface area contributed by atoms with Crippen molar-refractivity contribution < 1.29 is 30.8 Å². The monoisotopic (exact) mass is 597 g/mol. The molecule has 0 spiro atoms. The summed E-state index contributed by atoms with van der Waals surface area (Å²) in [7, 11) is -1.77. The van der Waals surface area contributed by atoms with Gasteiger partial charge in [-0.1, -0.05) is 35.3 Å². The smallest absolute Gasteiger partial charge is 0.341 e. The first kappa shape index (κ1) is 30.6. The van der Waals surface area contributed by atoms with Crippen LogP contribution in [-0.2, 0) is 27.4 Å². The highest BCUT2D eigenvalue weighted by molar-refractivity contribution is 7.91. The first-order valence-corrected chi connectivity index (χ1v) is 14.5. The quantitative estimate of drug-likeness (QED) is 0.429. The molecular formula is C25H29Cl2F4N3O3S. The van der Waals surface area contributed by atoms with E-state index < -0.39 is 44.7 Å². The van der Waals surface area contributed by atoms with Gasteiger partial charge in [0.1, 0.15) is 15.7 Å². The summed E-state index contributed by atoms with van der Waals surface area (Å²) in [5, 5.41) is 0.0131. The fourth-order valence-corrected chi connectivity index (χ4v) is 6.03. The van der Waals surface area contributed by atoms with Gasteiger partial charge < -0.3 is 10.6 Å². The first-order chi connectivity index (χ1) is 17.6. The molecule has 13 heteroatoms. The Labute approximate surface area is 229 Å². The second-order valence-corrected chi connectivity index (χ2v) is 12.7. The molecule has 38 heavy (non-hydrogen) atoms.